The zero-order valence-electron chi connectivity index (χ0n) is 13.7. The molecule has 7 heteroatoms. The SMILES string of the molecule is Cn1cnc(NC2CCCC(Nc3ccc4c(=O)[nH][nH]c4c3)C2)c1. The normalized spacial score (nSPS) is 21.0. The number of hydrogen-bond acceptors (Lipinski definition) is 4. The first-order valence-electron chi connectivity index (χ1n) is 8.39. The third-order valence-corrected chi connectivity index (χ3v) is 4.68. The van der Waals surface area contributed by atoms with Gasteiger partial charge in [-0.1, -0.05) is 0 Å². The summed E-state index contributed by atoms with van der Waals surface area (Å²) in [6, 6.07) is 6.67. The highest BCUT2D eigenvalue weighted by molar-refractivity contribution is 5.81. The van der Waals surface area contributed by atoms with Crippen LogP contribution in [0.3, 0.4) is 0 Å². The van der Waals surface area contributed by atoms with Crippen LogP contribution in [0.5, 0.6) is 0 Å². The molecule has 24 heavy (non-hydrogen) atoms. The molecule has 1 aliphatic carbocycles. The first-order chi connectivity index (χ1) is 11.7. The standard InChI is InChI=1S/C17H22N6O/c1-23-9-16(18-10-23)20-12-4-2-3-11(7-12)19-13-5-6-14-15(8-13)21-22-17(14)24/h5-6,8-12,19-20H,2-4,7H2,1H3,(H2,21,22,24). The van der Waals surface area contributed by atoms with Crippen molar-refractivity contribution in [2.24, 2.45) is 7.05 Å². The van der Waals surface area contributed by atoms with Gasteiger partial charge >= 0.3 is 0 Å². The molecule has 2 atom stereocenters. The van der Waals surface area contributed by atoms with Crippen molar-refractivity contribution in [2.75, 3.05) is 10.6 Å². The molecular formula is C17H22N6O. The molecule has 0 bridgehead atoms. The number of aryl methyl sites for hydroxylation is 1. The summed E-state index contributed by atoms with van der Waals surface area (Å²) in [5.74, 6) is 0.939. The van der Waals surface area contributed by atoms with Crippen LogP contribution in [-0.4, -0.2) is 31.8 Å². The number of fused-ring (bicyclic) bond motifs is 1. The van der Waals surface area contributed by atoms with Crippen molar-refractivity contribution < 1.29 is 0 Å². The fraction of sp³-hybridized carbons (Fsp3) is 0.412. The van der Waals surface area contributed by atoms with E-state index in [4.69, 9.17) is 0 Å². The molecule has 7 nitrogen and oxygen atoms in total. The van der Waals surface area contributed by atoms with E-state index in [1.165, 1.54) is 12.8 Å². The van der Waals surface area contributed by atoms with E-state index in [0.717, 1.165) is 29.9 Å². The largest absolute Gasteiger partial charge is 0.382 e. The second-order valence-corrected chi connectivity index (χ2v) is 6.61. The maximum absolute atomic E-state index is 11.6. The Morgan fingerprint density at radius 2 is 2.04 bits per heavy atom. The minimum Gasteiger partial charge on any atom is -0.382 e. The van der Waals surface area contributed by atoms with Gasteiger partial charge in [0, 0.05) is 31.0 Å². The van der Waals surface area contributed by atoms with Gasteiger partial charge in [-0.15, -0.1) is 0 Å². The first-order valence-corrected chi connectivity index (χ1v) is 8.39. The minimum absolute atomic E-state index is 0.0751. The van der Waals surface area contributed by atoms with Gasteiger partial charge in [0.05, 0.1) is 17.2 Å². The lowest BCUT2D eigenvalue weighted by Crippen LogP contribution is -2.34. The molecule has 2 unspecified atom stereocenters. The maximum atomic E-state index is 11.6. The molecular weight excluding hydrogens is 304 g/mol. The van der Waals surface area contributed by atoms with Gasteiger partial charge in [0.15, 0.2) is 0 Å². The number of nitrogens with one attached hydrogen (secondary N) is 4. The van der Waals surface area contributed by atoms with Crippen LogP contribution in [0.4, 0.5) is 11.5 Å². The van der Waals surface area contributed by atoms with E-state index in [-0.39, 0.29) is 5.56 Å². The summed E-state index contributed by atoms with van der Waals surface area (Å²) in [5, 5.41) is 13.3. The first kappa shape index (κ1) is 14.9. The second kappa shape index (κ2) is 6.07. The lowest BCUT2D eigenvalue weighted by Gasteiger charge is -2.31. The number of H-pyrrole nitrogens is 2. The monoisotopic (exact) mass is 326 g/mol. The summed E-state index contributed by atoms with van der Waals surface area (Å²) in [5.41, 5.74) is 1.80. The number of benzene rings is 1. The highest BCUT2D eigenvalue weighted by Gasteiger charge is 2.22. The Labute approximate surface area is 139 Å². The number of nitrogens with zero attached hydrogens (tertiary/aromatic N) is 2. The van der Waals surface area contributed by atoms with Crippen molar-refractivity contribution in [2.45, 2.75) is 37.8 Å². The molecule has 0 amide bonds. The number of aromatic amines is 2. The van der Waals surface area contributed by atoms with Crippen molar-refractivity contribution in [1.29, 1.82) is 0 Å². The quantitative estimate of drug-likeness (QED) is 0.593. The lowest BCUT2D eigenvalue weighted by molar-refractivity contribution is 0.427. The van der Waals surface area contributed by atoms with Gasteiger partial charge in [0.1, 0.15) is 5.82 Å². The summed E-state index contributed by atoms with van der Waals surface area (Å²) < 4.78 is 1.95. The number of rotatable bonds is 4. The highest BCUT2D eigenvalue weighted by atomic mass is 16.1. The van der Waals surface area contributed by atoms with Gasteiger partial charge in [-0.3, -0.25) is 15.0 Å². The molecule has 4 N–H and O–H groups in total. The van der Waals surface area contributed by atoms with Gasteiger partial charge in [0.2, 0.25) is 0 Å². The molecule has 1 aromatic carbocycles. The topological polar surface area (TPSA) is 90.5 Å². The van der Waals surface area contributed by atoms with Crippen LogP contribution in [0.15, 0.2) is 35.5 Å². The van der Waals surface area contributed by atoms with Crippen molar-refractivity contribution >= 4 is 22.4 Å². The molecule has 4 rings (SSSR count). The van der Waals surface area contributed by atoms with E-state index in [2.05, 4.69) is 25.8 Å². The van der Waals surface area contributed by atoms with E-state index in [1.54, 1.807) is 0 Å². The van der Waals surface area contributed by atoms with Gasteiger partial charge in [-0.25, -0.2) is 4.98 Å². The Hall–Kier alpha value is -2.70. The zero-order valence-corrected chi connectivity index (χ0v) is 13.7. The molecule has 0 spiro atoms. The molecule has 126 valence electrons. The Morgan fingerprint density at radius 1 is 1.21 bits per heavy atom. The summed E-state index contributed by atoms with van der Waals surface area (Å²) in [6.45, 7) is 0. The van der Waals surface area contributed by atoms with Crippen LogP contribution < -0.4 is 16.2 Å². The number of aromatic nitrogens is 4. The van der Waals surface area contributed by atoms with E-state index >= 15 is 0 Å². The highest BCUT2D eigenvalue weighted by Crippen LogP contribution is 2.25. The number of imidazole rings is 1. The minimum atomic E-state index is -0.0751. The molecule has 0 saturated heterocycles. The third-order valence-electron chi connectivity index (χ3n) is 4.68. The van der Waals surface area contributed by atoms with Crippen LogP contribution in [0.25, 0.3) is 10.9 Å². The third kappa shape index (κ3) is 3.02. The molecule has 3 aromatic rings. The van der Waals surface area contributed by atoms with Crippen molar-refractivity contribution in [3.8, 4) is 0 Å². The van der Waals surface area contributed by atoms with E-state index in [9.17, 15) is 4.79 Å². The summed E-state index contributed by atoms with van der Waals surface area (Å²) in [6.07, 6.45) is 8.38. The number of hydrogen-bond donors (Lipinski definition) is 4. The Kier molecular flexibility index (Phi) is 3.76. The molecule has 1 aliphatic rings. The fourth-order valence-electron chi connectivity index (χ4n) is 3.51. The summed E-state index contributed by atoms with van der Waals surface area (Å²) >= 11 is 0. The van der Waals surface area contributed by atoms with Gasteiger partial charge in [-0.2, -0.15) is 0 Å². The predicted octanol–water partition coefficient (Wildman–Crippen LogP) is 2.42. The van der Waals surface area contributed by atoms with Crippen LogP contribution >= 0.6 is 0 Å². The van der Waals surface area contributed by atoms with Crippen LogP contribution in [0.1, 0.15) is 25.7 Å². The maximum Gasteiger partial charge on any atom is 0.271 e. The lowest BCUT2D eigenvalue weighted by atomic mass is 9.90. The van der Waals surface area contributed by atoms with E-state index in [0.29, 0.717) is 17.5 Å². The zero-order chi connectivity index (χ0) is 16.5. The predicted molar refractivity (Wildman–Crippen MR) is 95.4 cm³/mol. The van der Waals surface area contributed by atoms with E-state index in [1.807, 2.05) is 42.3 Å². The average Bonchev–Trinajstić information content (AvgIpc) is 3.14. The van der Waals surface area contributed by atoms with Gasteiger partial charge < -0.3 is 15.2 Å². The van der Waals surface area contributed by atoms with Crippen molar-refractivity contribution in [3.63, 3.8) is 0 Å². The number of anilines is 2. The van der Waals surface area contributed by atoms with Crippen molar-refractivity contribution in [1.82, 2.24) is 19.7 Å². The molecule has 1 saturated carbocycles. The Morgan fingerprint density at radius 3 is 2.83 bits per heavy atom. The average molecular weight is 326 g/mol. The van der Waals surface area contributed by atoms with Gasteiger partial charge in [-0.05, 0) is 43.9 Å². The van der Waals surface area contributed by atoms with Crippen LogP contribution in [0.2, 0.25) is 0 Å². The molecule has 2 aromatic heterocycles. The Balaban J connectivity index is 1.42. The van der Waals surface area contributed by atoms with Crippen LogP contribution in [-0.2, 0) is 7.05 Å². The molecule has 0 aliphatic heterocycles. The van der Waals surface area contributed by atoms with E-state index < -0.39 is 0 Å². The molecule has 1 fully saturated rings. The van der Waals surface area contributed by atoms with Gasteiger partial charge in [0.25, 0.3) is 5.56 Å². The fourth-order valence-corrected chi connectivity index (χ4v) is 3.51. The van der Waals surface area contributed by atoms with Crippen LogP contribution in [0, 0.1) is 0 Å². The smallest absolute Gasteiger partial charge is 0.271 e. The molecule has 2 heterocycles. The Bertz CT molecular complexity index is 892. The van der Waals surface area contributed by atoms with Crippen molar-refractivity contribution in [3.05, 3.63) is 41.1 Å². The summed E-state index contributed by atoms with van der Waals surface area (Å²) in [4.78, 5) is 15.9. The molecule has 0 radical (unpaired) electrons. The second-order valence-electron chi connectivity index (χ2n) is 6.61. The summed E-state index contributed by atoms with van der Waals surface area (Å²) in [7, 11) is 1.98.